The number of thiophene rings is 2. The number of hydrogen-bond acceptors (Lipinski definition) is 5. The first-order chi connectivity index (χ1) is 14.3. The van der Waals surface area contributed by atoms with Crippen molar-refractivity contribution in [3.05, 3.63) is 89.1 Å². The Labute approximate surface area is 175 Å². The zero-order valence-corrected chi connectivity index (χ0v) is 16.8. The van der Waals surface area contributed by atoms with E-state index in [9.17, 15) is 4.79 Å². The molecule has 3 heterocycles. The number of para-hydroxylation sites is 1. The van der Waals surface area contributed by atoms with Gasteiger partial charge in [0.25, 0.3) is 5.91 Å². The fraction of sp³-hybridized carbons (Fsp3) is 0. The maximum absolute atomic E-state index is 12.7. The first kappa shape index (κ1) is 17.7. The van der Waals surface area contributed by atoms with E-state index in [4.69, 9.17) is 9.97 Å². The number of anilines is 1. The summed E-state index contributed by atoms with van der Waals surface area (Å²) in [5.74, 6) is -0.167. The Kier molecular flexibility index (Phi) is 4.63. The van der Waals surface area contributed by atoms with Gasteiger partial charge in [-0.15, -0.1) is 22.7 Å². The Morgan fingerprint density at radius 3 is 2.00 bits per heavy atom. The molecule has 0 atom stereocenters. The Hall–Kier alpha value is -3.35. The smallest absolute Gasteiger partial charge is 0.255 e. The van der Waals surface area contributed by atoms with Crippen LogP contribution < -0.4 is 5.32 Å². The Bertz CT molecular complexity index is 1280. The molecule has 0 aliphatic rings. The van der Waals surface area contributed by atoms with E-state index in [1.54, 1.807) is 34.8 Å². The fourth-order valence-corrected chi connectivity index (χ4v) is 4.52. The van der Waals surface area contributed by atoms with E-state index in [2.05, 4.69) is 11.4 Å². The van der Waals surface area contributed by atoms with E-state index in [1.165, 1.54) is 0 Å². The van der Waals surface area contributed by atoms with E-state index < -0.39 is 0 Å². The maximum atomic E-state index is 12.7. The lowest BCUT2D eigenvalue weighted by molar-refractivity contribution is 0.102. The van der Waals surface area contributed by atoms with E-state index >= 15 is 0 Å². The summed E-state index contributed by atoms with van der Waals surface area (Å²) < 4.78 is 0. The Morgan fingerprint density at radius 1 is 0.724 bits per heavy atom. The molecular weight excluding hydrogens is 398 g/mol. The number of benzene rings is 2. The molecule has 0 aliphatic heterocycles. The summed E-state index contributed by atoms with van der Waals surface area (Å²) >= 11 is 3.27. The summed E-state index contributed by atoms with van der Waals surface area (Å²) in [7, 11) is 0. The third-order valence-electron chi connectivity index (χ3n) is 4.47. The molecule has 0 bridgehead atoms. The van der Waals surface area contributed by atoms with Crippen molar-refractivity contribution in [3.63, 3.8) is 0 Å². The first-order valence-electron chi connectivity index (χ1n) is 9.04. The minimum absolute atomic E-state index is 0.167. The molecule has 0 fully saturated rings. The lowest BCUT2D eigenvalue weighted by atomic mass is 10.1. The Balaban J connectivity index is 1.59. The van der Waals surface area contributed by atoms with Crippen LogP contribution in [0.25, 0.3) is 32.2 Å². The molecule has 0 saturated heterocycles. The van der Waals surface area contributed by atoms with Crippen molar-refractivity contribution in [1.29, 1.82) is 0 Å². The molecule has 4 nitrogen and oxygen atoms in total. The topological polar surface area (TPSA) is 54.9 Å². The van der Waals surface area contributed by atoms with Crippen molar-refractivity contribution in [1.82, 2.24) is 9.97 Å². The first-order valence-corrected chi connectivity index (χ1v) is 10.8. The molecule has 0 spiro atoms. The molecule has 6 heteroatoms. The summed E-state index contributed by atoms with van der Waals surface area (Å²) in [6.45, 7) is 0. The van der Waals surface area contributed by atoms with Crippen molar-refractivity contribution < 1.29 is 4.79 Å². The number of hydrogen-bond donors (Lipinski definition) is 1. The molecule has 1 amide bonds. The van der Waals surface area contributed by atoms with Crippen LogP contribution >= 0.6 is 22.7 Å². The summed E-state index contributed by atoms with van der Waals surface area (Å²) in [5.41, 5.74) is 4.50. The monoisotopic (exact) mass is 413 g/mol. The summed E-state index contributed by atoms with van der Waals surface area (Å²) in [5, 5.41) is 6.98. The van der Waals surface area contributed by atoms with Crippen molar-refractivity contribution in [2.45, 2.75) is 0 Å². The lowest BCUT2D eigenvalue weighted by Gasteiger charge is -2.09. The van der Waals surface area contributed by atoms with Gasteiger partial charge in [0.2, 0.25) is 0 Å². The van der Waals surface area contributed by atoms with Crippen molar-refractivity contribution in [3.8, 4) is 21.1 Å². The van der Waals surface area contributed by atoms with Crippen LogP contribution in [0.1, 0.15) is 10.4 Å². The quantitative estimate of drug-likeness (QED) is 0.374. The maximum Gasteiger partial charge on any atom is 0.255 e. The second kappa shape index (κ2) is 7.58. The molecule has 0 unspecified atom stereocenters. The Morgan fingerprint density at radius 2 is 1.38 bits per heavy atom. The van der Waals surface area contributed by atoms with Gasteiger partial charge in [-0.1, -0.05) is 30.3 Å². The van der Waals surface area contributed by atoms with Gasteiger partial charge in [0.15, 0.2) is 0 Å². The number of carbonyl (C=O) groups excluding carboxylic acids is 1. The van der Waals surface area contributed by atoms with Crippen LogP contribution in [-0.2, 0) is 0 Å². The van der Waals surface area contributed by atoms with Crippen molar-refractivity contribution in [2.24, 2.45) is 0 Å². The minimum atomic E-state index is -0.167. The largest absolute Gasteiger partial charge is 0.322 e. The van der Waals surface area contributed by atoms with Crippen LogP contribution in [0.5, 0.6) is 0 Å². The fourth-order valence-electron chi connectivity index (χ4n) is 3.09. The molecule has 1 N–H and O–H groups in total. The van der Waals surface area contributed by atoms with E-state index in [0.29, 0.717) is 11.1 Å². The van der Waals surface area contributed by atoms with Crippen molar-refractivity contribution >= 4 is 45.3 Å². The molecular formula is C23H15N3OS2. The van der Waals surface area contributed by atoms with Crippen LogP contribution in [-0.4, -0.2) is 15.9 Å². The van der Waals surface area contributed by atoms with Gasteiger partial charge in [0.05, 0.1) is 20.8 Å². The van der Waals surface area contributed by atoms with Crippen LogP contribution in [0.2, 0.25) is 0 Å². The average Bonchev–Trinajstić information content (AvgIpc) is 3.47. The van der Waals surface area contributed by atoms with Gasteiger partial charge in [-0.3, -0.25) is 4.79 Å². The summed E-state index contributed by atoms with van der Waals surface area (Å²) in [6.07, 6.45) is 0. The SMILES string of the molecule is O=C(Nc1ccccc1)c1ccc2nc(-c3cccs3)c(-c3cccs3)nc2c1. The van der Waals surface area contributed by atoms with E-state index in [1.807, 2.05) is 65.4 Å². The molecule has 29 heavy (non-hydrogen) atoms. The highest BCUT2D eigenvalue weighted by molar-refractivity contribution is 7.14. The number of rotatable bonds is 4. The standard InChI is InChI=1S/C23H15N3OS2/c27-23(24-16-6-2-1-3-7-16)15-10-11-17-18(14-15)26-22(20-9-5-13-29-20)21(25-17)19-8-4-12-28-19/h1-14H,(H,24,27). The predicted octanol–water partition coefficient (Wildman–Crippen LogP) is 6.34. The molecule has 5 aromatic rings. The zero-order chi connectivity index (χ0) is 19.6. The highest BCUT2D eigenvalue weighted by Crippen LogP contribution is 2.35. The lowest BCUT2D eigenvalue weighted by Crippen LogP contribution is -2.11. The predicted molar refractivity (Wildman–Crippen MR) is 121 cm³/mol. The highest BCUT2D eigenvalue weighted by atomic mass is 32.1. The van der Waals surface area contributed by atoms with Gasteiger partial charge < -0.3 is 5.32 Å². The molecule has 0 radical (unpaired) electrons. The van der Waals surface area contributed by atoms with Gasteiger partial charge in [-0.2, -0.15) is 0 Å². The number of carbonyl (C=O) groups is 1. The van der Waals surface area contributed by atoms with Gasteiger partial charge in [0.1, 0.15) is 11.4 Å². The number of nitrogens with zero attached hydrogens (tertiary/aromatic N) is 2. The minimum Gasteiger partial charge on any atom is -0.322 e. The third kappa shape index (κ3) is 3.55. The van der Waals surface area contributed by atoms with Crippen LogP contribution in [0, 0.1) is 0 Å². The normalized spacial score (nSPS) is 10.9. The molecule has 0 saturated carbocycles. The third-order valence-corrected chi connectivity index (χ3v) is 6.22. The molecule has 0 aliphatic carbocycles. The highest BCUT2D eigenvalue weighted by Gasteiger charge is 2.16. The van der Waals surface area contributed by atoms with E-state index in [0.717, 1.165) is 32.3 Å². The van der Waals surface area contributed by atoms with Gasteiger partial charge in [0, 0.05) is 11.3 Å². The van der Waals surface area contributed by atoms with E-state index in [-0.39, 0.29) is 5.91 Å². The second-order valence-electron chi connectivity index (χ2n) is 6.40. The number of fused-ring (bicyclic) bond motifs is 1. The van der Waals surface area contributed by atoms with Gasteiger partial charge in [-0.05, 0) is 53.2 Å². The van der Waals surface area contributed by atoms with Crippen LogP contribution in [0.4, 0.5) is 5.69 Å². The summed E-state index contributed by atoms with van der Waals surface area (Å²) in [4.78, 5) is 24.6. The molecule has 140 valence electrons. The number of amides is 1. The average molecular weight is 414 g/mol. The van der Waals surface area contributed by atoms with Crippen LogP contribution in [0.15, 0.2) is 83.6 Å². The number of aromatic nitrogens is 2. The number of nitrogens with one attached hydrogen (secondary N) is 1. The molecule has 2 aromatic carbocycles. The van der Waals surface area contributed by atoms with Gasteiger partial charge >= 0.3 is 0 Å². The molecule has 3 aromatic heterocycles. The zero-order valence-electron chi connectivity index (χ0n) is 15.2. The second-order valence-corrected chi connectivity index (χ2v) is 8.29. The summed E-state index contributed by atoms with van der Waals surface area (Å²) in [6, 6.07) is 23.0. The van der Waals surface area contributed by atoms with Gasteiger partial charge in [-0.25, -0.2) is 9.97 Å². The van der Waals surface area contributed by atoms with Crippen LogP contribution in [0.3, 0.4) is 0 Å². The molecule has 5 rings (SSSR count). The van der Waals surface area contributed by atoms with Crippen molar-refractivity contribution in [2.75, 3.05) is 5.32 Å².